The molecule has 1 saturated heterocycles. The summed E-state index contributed by atoms with van der Waals surface area (Å²) in [6.07, 6.45) is 5.58. The first-order chi connectivity index (χ1) is 8.86. The zero-order chi connectivity index (χ0) is 12.4. The first-order valence-corrected chi connectivity index (χ1v) is 6.18. The summed E-state index contributed by atoms with van der Waals surface area (Å²) >= 11 is 0. The summed E-state index contributed by atoms with van der Waals surface area (Å²) in [5.41, 5.74) is 1.74. The average molecular weight is 244 g/mol. The molecule has 2 aromatic heterocycles. The second-order valence-corrected chi connectivity index (χ2v) is 4.41. The van der Waals surface area contributed by atoms with E-state index in [0.717, 1.165) is 43.2 Å². The summed E-state index contributed by atoms with van der Waals surface area (Å²) in [7, 11) is 0. The molecule has 5 heteroatoms. The van der Waals surface area contributed by atoms with E-state index in [1.165, 1.54) is 0 Å². The van der Waals surface area contributed by atoms with E-state index in [-0.39, 0.29) is 0 Å². The maximum Gasteiger partial charge on any atom is 0.154 e. The number of nitrogens with one attached hydrogen (secondary N) is 1. The molecule has 0 unspecified atom stereocenters. The fourth-order valence-electron chi connectivity index (χ4n) is 2.16. The minimum Gasteiger partial charge on any atom is -0.381 e. The molecule has 3 rings (SSSR count). The zero-order valence-electron chi connectivity index (χ0n) is 10.2. The first kappa shape index (κ1) is 11.2. The van der Waals surface area contributed by atoms with Crippen LogP contribution in [0.2, 0.25) is 0 Å². The first-order valence-electron chi connectivity index (χ1n) is 6.18. The van der Waals surface area contributed by atoms with Crippen LogP contribution in [0.1, 0.15) is 18.5 Å². The molecule has 94 valence electrons. The maximum absolute atomic E-state index is 5.34. The average Bonchev–Trinajstić information content (AvgIpc) is 2.82. The van der Waals surface area contributed by atoms with Gasteiger partial charge in [0.1, 0.15) is 5.82 Å². The molecule has 0 bridgehead atoms. The summed E-state index contributed by atoms with van der Waals surface area (Å²) in [6, 6.07) is 4.37. The van der Waals surface area contributed by atoms with Gasteiger partial charge in [0.15, 0.2) is 5.65 Å². The summed E-state index contributed by atoms with van der Waals surface area (Å²) < 4.78 is 7.14. The van der Waals surface area contributed by atoms with Crippen LogP contribution in [0, 0.1) is 0 Å². The van der Waals surface area contributed by atoms with Crippen molar-refractivity contribution in [1.82, 2.24) is 14.6 Å². The molecule has 1 fully saturated rings. The van der Waals surface area contributed by atoms with Crippen molar-refractivity contribution < 1.29 is 4.74 Å². The molecule has 0 atom stereocenters. The van der Waals surface area contributed by atoms with Crippen molar-refractivity contribution in [2.75, 3.05) is 18.5 Å². The lowest BCUT2D eigenvalue weighted by molar-refractivity contribution is 0.0903. The van der Waals surface area contributed by atoms with Gasteiger partial charge in [-0.3, -0.25) is 0 Å². The number of aromatic nitrogens is 3. The second kappa shape index (κ2) is 4.78. The minimum atomic E-state index is 0.444. The van der Waals surface area contributed by atoms with Gasteiger partial charge in [0.2, 0.25) is 0 Å². The number of hydrogen-bond donors (Lipinski definition) is 1. The van der Waals surface area contributed by atoms with E-state index in [4.69, 9.17) is 4.74 Å². The molecule has 0 spiro atoms. The number of rotatable bonds is 3. The Morgan fingerprint density at radius 2 is 2.22 bits per heavy atom. The smallest absolute Gasteiger partial charge is 0.154 e. The molecule has 5 nitrogen and oxygen atoms in total. The fraction of sp³-hybridized carbons (Fsp3) is 0.385. The van der Waals surface area contributed by atoms with Gasteiger partial charge in [-0.05, 0) is 31.1 Å². The van der Waals surface area contributed by atoms with Crippen molar-refractivity contribution in [2.45, 2.75) is 18.9 Å². The van der Waals surface area contributed by atoms with Crippen LogP contribution in [0.15, 0.2) is 24.9 Å². The number of anilines is 1. The van der Waals surface area contributed by atoms with Crippen LogP contribution in [-0.2, 0) is 4.74 Å². The molecular formula is C13H16N4O. The second-order valence-electron chi connectivity index (χ2n) is 4.41. The lowest BCUT2D eigenvalue weighted by Gasteiger charge is -2.23. The van der Waals surface area contributed by atoms with Crippen LogP contribution >= 0.6 is 0 Å². The van der Waals surface area contributed by atoms with Gasteiger partial charge in [-0.25, -0.2) is 9.50 Å². The summed E-state index contributed by atoms with van der Waals surface area (Å²) in [6.45, 7) is 5.41. The third-order valence-corrected chi connectivity index (χ3v) is 3.17. The predicted octanol–water partition coefficient (Wildman–Crippen LogP) is 1.96. The summed E-state index contributed by atoms with van der Waals surface area (Å²) in [5.74, 6) is 0.871. The van der Waals surface area contributed by atoms with Crippen molar-refractivity contribution in [2.24, 2.45) is 0 Å². The number of hydrogen-bond acceptors (Lipinski definition) is 4. The highest BCUT2D eigenvalue weighted by Crippen LogP contribution is 2.14. The Bertz CT molecular complexity index is 557. The SMILES string of the molecule is C=Cc1cnc2ccc(NC3CCOCC3)nn12. The highest BCUT2D eigenvalue weighted by atomic mass is 16.5. The summed E-state index contributed by atoms with van der Waals surface area (Å²) in [5, 5.41) is 7.97. The molecule has 18 heavy (non-hydrogen) atoms. The predicted molar refractivity (Wildman–Crippen MR) is 70.5 cm³/mol. The monoisotopic (exact) mass is 244 g/mol. The van der Waals surface area contributed by atoms with Gasteiger partial charge >= 0.3 is 0 Å². The normalized spacial score (nSPS) is 16.9. The zero-order valence-corrected chi connectivity index (χ0v) is 10.2. The van der Waals surface area contributed by atoms with Crippen LogP contribution in [0.5, 0.6) is 0 Å². The number of ether oxygens (including phenoxy) is 1. The van der Waals surface area contributed by atoms with Gasteiger partial charge in [0.25, 0.3) is 0 Å². The Morgan fingerprint density at radius 1 is 1.39 bits per heavy atom. The van der Waals surface area contributed by atoms with Crippen molar-refractivity contribution in [3.8, 4) is 0 Å². The minimum absolute atomic E-state index is 0.444. The number of imidazole rings is 1. The lowest BCUT2D eigenvalue weighted by Crippen LogP contribution is -2.28. The van der Waals surface area contributed by atoms with E-state index < -0.39 is 0 Å². The molecule has 0 radical (unpaired) electrons. The van der Waals surface area contributed by atoms with E-state index in [9.17, 15) is 0 Å². The Hall–Kier alpha value is -1.88. The van der Waals surface area contributed by atoms with Gasteiger partial charge in [-0.1, -0.05) is 6.58 Å². The molecule has 3 heterocycles. The van der Waals surface area contributed by atoms with Crippen molar-refractivity contribution in [3.63, 3.8) is 0 Å². The lowest BCUT2D eigenvalue weighted by atomic mass is 10.1. The van der Waals surface area contributed by atoms with Crippen LogP contribution < -0.4 is 5.32 Å². The highest BCUT2D eigenvalue weighted by molar-refractivity contribution is 5.52. The number of fused-ring (bicyclic) bond motifs is 1. The van der Waals surface area contributed by atoms with E-state index in [1.807, 2.05) is 12.1 Å². The third kappa shape index (κ3) is 2.09. The van der Waals surface area contributed by atoms with E-state index in [2.05, 4.69) is 22.0 Å². The Kier molecular flexibility index (Phi) is 2.98. The molecule has 2 aromatic rings. The van der Waals surface area contributed by atoms with Gasteiger partial charge < -0.3 is 10.1 Å². The standard InChI is InChI=1S/C13H16N4O/c1-2-11-9-14-13-4-3-12(16-17(11)13)15-10-5-7-18-8-6-10/h2-4,9-10H,1,5-8H2,(H,15,16). The fourth-order valence-corrected chi connectivity index (χ4v) is 2.16. The highest BCUT2D eigenvalue weighted by Gasteiger charge is 2.14. The molecule has 0 saturated carbocycles. The van der Waals surface area contributed by atoms with Gasteiger partial charge in [-0.15, -0.1) is 5.10 Å². The molecule has 1 N–H and O–H groups in total. The molecule has 0 aliphatic carbocycles. The third-order valence-electron chi connectivity index (χ3n) is 3.17. The molecule has 0 amide bonds. The maximum atomic E-state index is 5.34. The molecule has 0 aromatic carbocycles. The van der Waals surface area contributed by atoms with Crippen LogP contribution in [-0.4, -0.2) is 33.9 Å². The Labute approximate surface area is 105 Å². The van der Waals surface area contributed by atoms with Crippen LogP contribution in [0.4, 0.5) is 5.82 Å². The Balaban J connectivity index is 1.85. The van der Waals surface area contributed by atoms with Crippen molar-refractivity contribution >= 4 is 17.5 Å². The van der Waals surface area contributed by atoms with Crippen LogP contribution in [0.25, 0.3) is 11.7 Å². The van der Waals surface area contributed by atoms with Gasteiger partial charge in [0, 0.05) is 19.3 Å². The topological polar surface area (TPSA) is 51.5 Å². The summed E-state index contributed by atoms with van der Waals surface area (Å²) in [4.78, 5) is 4.26. The van der Waals surface area contributed by atoms with E-state index in [1.54, 1.807) is 16.8 Å². The van der Waals surface area contributed by atoms with Crippen LogP contribution in [0.3, 0.4) is 0 Å². The Morgan fingerprint density at radius 3 is 3.00 bits per heavy atom. The molecular weight excluding hydrogens is 228 g/mol. The van der Waals surface area contributed by atoms with E-state index in [0.29, 0.717) is 6.04 Å². The van der Waals surface area contributed by atoms with Gasteiger partial charge in [0.05, 0.1) is 11.9 Å². The van der Waals surface area contributed by atoms with Crippen molar-refractivity contribution in [3.05, 3.63) is 30.6 Å². The van der Waals surface area contributed by atoms with Gasteiger partial charge in [-0.2, -0.15) is 0 Å². The largest absolute Gasteiger partial charge is 0.381 e. The number of nitrogens with zero attached hydrogens (tertiary/aromatic N) is 3. The molecule has 1 aliphatic rings. The molecule has 1 aliphatic heterocycles. The van der Waals surface area contributed by atoms with E-state index >= 15 is 0 Å². The quantitative estimate of drug-likeness (QED) is 0.896. The van der Waals surface area contributed by atoms with Crippen molar-refractivity contribution in [1.29, 1.82) is 0 Å².